The van der Waals surface area contributed by atoms with Gasteiger partial charge < -0.3 is 19.9 Å². The van der Waals surface area contributed by atoms with Gasteiger partial charge in [-0.05, 0) is 43.3 Å². The summed E-state index contributed by atoms with van der Waals surface area (Å²) in [5.41, 5.74) is 1.38. The molecule has 0 atom stereocenters. The first-order valence-corrected chi connectivity index (χ1v) is 9.45. The molecule has 1 heterocycles. The zero-order chi connectivity index (χ0) is 20.8. The third-order valence-electron chi connectivity index (χ3n) is 4.69. The van der Waals surface area contributed by atoms with Crippen LogP contribution in [-0.2, 0) is 9.53 Å². The second-order valence-electron chi connectivity index (χ2n) is 6.64. The van der Waals surface area contributed by atoms with Crippen molar-refractivity contribution in [2.45, 2.75) is 6.92 Å². The lowest BCUT2D eigenvalue weighted by Gasteiger charge is -2.29. The highest BCUT2D eigenvalue weighted by Gasteiger charge is 2.21. The minimum Gasteiger partial charge on any atom is -0.378 e. The molecule has 1 aliphatic heterocycles. The van der Waals surface area contributed by atoms with Crippen molar-refractivity contribution in [3.05, 3.63) is 59.7 Å². The highest BCUT2D eigenvalue weighted by molar-refractivity contribution is 5.99. The van der Waals surface area contributed by atoms with E-state index in [1.54, 1.807) is 19.1 Å². The molecule has 0 bridgehead atoms. The van der Waals surface area contributed by atoms with Crippen LogP contribution in [0, 0.1) is 11.6 Å². The number of ether oxygens (including phenoxy) is 1. The van der Waals surface area contributed by atoms with Crippen LogP contribution in [0.5, 0.6) is 0 Å². The summed E-state index contributed by atoms with van der Waals surface area (Å²) in [4.78, 5) is 28.2. The van der Waals surface area contributed by atoms with Crippen molar-refractivity contribution in [2.75, 3.05) is 49.6 Å². The van der Waals surface area contributed by atoms with E-state index in [9.17, 15) is 18.4 Å². The van der Waals surface area contributed by atoms with E-state index >= 15 is 0 Å². The lowest BCUT2D eigenvalue weighted by Crippen LogP contribution is -2.38. The predicted molar refractivity (Wildman–Crippen MR) is 106 cm³/mol. The fourth-order valence-corrected chi connectivity index (χ4v) is 3.11. The largest absolute Gasteiger partial charge is 0.378 e. The molecule has 2 aromatic carbocycles. The minimum absolute atomic E-state index is 0.207. The Morgan fingerprint density at radius 2 is 1.79 bits per heavy atom. The summed E-state index contributed by atoms with van der Waals surface area (Å²) in [5, 5.41) is 2.74. The van der Waals surface area contributed by atoms with Crippen molar-refractivity contribution < 1.29 is 23.1 Å². The predicted octanol–water partition coefficient (Wildman–Crippen LogP) is 2.90. The molecule has 2 aromatic rings. The van der Waals surface area contributed by atoms with E-state index in [1.165, 1.54) is 4.90 Å². The monoisotopic (exact) mass is 403 g/mol. The molecule has 6 nitrogen and oxygen atoms in total. The van der Waals surface area contributed by atoms with Crippen LogP contribution < -0.4 is 10.2 Å². The SMILES string of the molecule is CCN(CC(=O)Nc1ccc(N2CCOCC2)cc1)C(=O)c1ccc(F)cc1F. The summed E-state index contributed by atoms with van der Waals surface area (Å²) in [7, 11) is 0. The summed E-state index contributed by atoms with van der Waals surface area (Å²) < 4.78 is 32.3. The first kappa shape index (κ1) is 20.7. The number of carbonyl (C=O) groups is 2. The molecule has 0 unspecified atom stereocenters. The second-order valence-corrected chi connectivity index (χ2v) is 6.64. The first-order chi connectivity index (χ1) is 14.0. The molecule has 1 saturated heterocycles. The molecular formula is C21H23F2N3O3. The number of nitrogens with one attached hydrogen (secondary N) is 1. The Kier molecular flexibility index (Phi) is 6.77. The van der Waals surface area contributed by atoms with Crippen LogP contribution in [0.4, 0.5) is 20.2 Å². The van der Waals surface area contributed by atoms with Gasteiger partial charge in [-0.2, -0.15) is 0 Å². The first-order valence-electron chi connectivity index (χ1n) is 9.45. The minimum atomic E-state index is -0.951. The van der Waals surface area contributed by atoms with E-state index in [2.05, 4.69) is 10.2 Å². The number of halogens is 2. The number of morpholine rings is 1. The number of benzene rings is 2. The highest BCUT2D eigenvalue weighted by atomic mass is 19.1. The van der Waals surface area contributed by atoms with Crippen LogP contribution in [0.3, 0.4) is 0 Å². The lowest BCUT2D eigenvalue weighted by molar-refractivity contribution is -0.116. The van der Waals surface area contributed by atoms with Gasteiger partial charge in [-0.15, -0.1) is 0 Å². The highest BCUT2D eigenvalue weighted by Crippen LogP contribution is 2.19. The molecule has 1 fully saturated rings. The molecule has 3 rings (SSSR count). The third kappa shape index (κ3) is 5.29. The van der Waals surface area contributed by atoms with Crippen LogP contribution in [0.25, 0.3) is 0 Å². The molecule has 0 aliphatic carbocycles. The van der Waals surface area contributed by atoms with Gasteiger partial charge in [-0.25, -0.2) is 8.78 Å². The molecular weight excluding hydrogens is 380 g/mol. The molecule has 29 heavy (non-hydrogen) atoms. The van der Waals surface area contributed by atoms with Crippen molar-refractivity contribution in [3.8, 4) is 0 Å². The maximum Gasteiger partial charge on any atom is 0.257 e. The van der Waals surface area contributed by atoms with Gasteiger partial charge in [-0.3, -0.25) is 9.59 Å². The summed E-state index contributed by atoms with van der Waals surface area (Å²) >= 11 is 0. The summed E-state index contributed by atoms with van der Waals surface area (Å²) in [5.74, 6) is -2.78. The van der Waals surface area contributed by atoms with Gasteiger partial charge in [0, 0.05) is 37.1 Å². The van der Waals surface area contributed by atoms with Gasteiger partial charge in [0.25, 0.3) is 5.91 Å². The van der Waals surface area contributed by atoms with Crippen LogP contribution in [0.2, 0.25) is 0 Å². The standard InChI is InChI=1S/C21H23F2N3O3/c1-2-25(21(28)18-8-3-15(22)13-19(18)23)14-20(27)24-16-4-6-17(7-5-16)26-9-11-29-12-10-26/h3-8,13H,2,9-12,14H2,1H3,(H,24,27). The van der Waals surface area contributed by atoms with E-state index in [-0.39, 0.29) is 18.7 Å². The van der Waals surface area contributed by atoms with Crippen LogP contribution in [0.15, 0.2) is 42.5 Å². The van der Waals surface area contributed by atoms with Crippen molar-refractivity contribution in [2.24, 2.45) is 0 Å². The van der Waals surface area contributed by atoms with Crippen LogP contribution >= 0.6 is 0 Å². The van der Waals surface area contributed by atoms with E-state index < -0.39 is 23.4 Å². The van der Waals surface area contributed by atoms with E-state index in [1.807, 2.05) is 12.1 Å². The topological polar surface area (TPSA) is 61.9 Å². The lowest BCUT2D eigenvalue weighted by atomic mass is 10.1. The Labute approximate surface area is 168 Å². The maximum atomic E-state index is 13.9. The quantitative estimate of drug-likeness (QED) is 0.806. The fraction of sp³-hybridized carbons (Fsp3) is 0.333. The summed E-state index contributed by atoms with van der Waals surface area (Å²) in [6.07, 6.45) is 0. The number of likely N-dealkylation sites (N-methyl/N-ethyl adjacent to an activating group) is 1. The molecule has 8 heteroatoms. The van der Waals surface area contributed by atoms with Gasteiger partial charge in [0.2, 0.25) is 5.91 Å². The number of anilines is 2. The zero-order valence-corrected chi connectivity index (χ0v) is 16.2. The molecule has 0 aromatic heterocycles. The molecule has 2 amide bonds. The Bertz CT molecular complexity index is 868. The van der Waals surface area contributed by atoms with Crippen molar-refractivity contribution in [1.29, 1.82) is 0 Å². The van der Waals surface area contributed by atoms with E-state index in [0.29, 0.717) is 25.0 Å². The molecule has 1 N–H and O–H groups in total. The van der Waals surface area contributed by atoms with E-state index in [4.69, 9.17) is 4.74 Å². The fourth-order valence-electron chi connectivity index (χ4n) is 3.11. The Hall–Kier alpha value is -3.00. The zero-order valence-electron chi connectivity index (χ0n) is 16.2. The number of carbonyl (C=O) groups excluding carboxylic acids is 2. The molecule has 0 spiro atoms. The normalized spacial score (nSPS) is 13.8. The molecule has 154 valence electrons. The number of hydrogen-bond donors (Lipinski definition) is 1. The van der Waals surface area contributed by atoms with Crippen molar-refractivity contribution in [1.82, 2.24) is 4.90 Å². The van der Waals surface area contributed by atoms with Crippen LogP contribution in [0.1, 0.15) is 17.3 Å². The third-order valence-corrected chi connectivity index (χ3v) is 4.69. The molecule has 0 saturated carbocycles. The Morgan fingerprint density at radius 3 is 2.41 bits per heavy atom. The number of hydrogen-bond acceptors (Lipinski definition) is 4. The average molecular weight is 403 g/mol. The van der Waals surface area contributed by atoms with Gasteiger partial charge >= 0.3 is 0 Å². The molecule has 1 aliphatic rings. The van der Waals surface area contributed by atoms with Crippen LogP contribution in [-0.4, -0.2) is 56.1 Å². The number of nitrogens with zero attached hydrogens (tertiary/aromatic N) is 2. The number of amides is 2. The maximum absolute atomic E-state index is 13.9. The van der Waals surface area contributed by atoms with Crippen molar-refractivity contribution >= 4 is 23.2 Å². The van der Waals surface area contributed by atoms with Crippen molar-refractivity contribution in [3.63, 3.8) is 0 Å². The Morgan fingerprint density at radius 1 is 1.10 bits per heavy atom. The smallest absolute Gasteiger partial charge is 0.257 e. The second kappa shape index (κ2) is 9.47. The number of rotatable bonds is 6. The van der Waals surface area contributed by atoms with Gasteiger partial charge in [0.05, 0.1) is 18.8 Å². The average Bonchev–Trinajstić information content (AvgIpc) is 2.73. The molecule has 0 radical (unpaired) electrons. The Balaban J connectivity index is 1.60. The summed E-state index contributed by atoms with van der Waals surface area (Å²) in [6, 6.07) is 10.2. The van der Waals surface area contributed by atoms with E-state index in [0.717, 1.165) is 30.9 Å². The summed E-state index contributed by atoms with van der Waals surface area (Å²) in [6.45, 7) is 4.67. The van der Waals surface area contributed by atoms with Gasteiger partial charge in [0.1, 0.15) is 18.2 Å². The van der Waals surface area contributed by atoms with Gasteiger partial charge in [0.15, 0.2) is 0 Å². The van der Waals surface area contributed by atoms with Gasteiger partial charge in [-0.1, -0.05) is 0 Å².